The lowest BCUT2D eigenvalue weighted by atomic mass is 10.2. The summed E-state index contributed by atoms with van der Waals surface area (Å²) in [5.41, 5.74) is 6.48. The summed E-state index contributed by atoms with van der Waals surface area (Å²) in [7, 11) is -3.88. The minimum atomic E-state index is -3.88. The zero-order chi connectivity index (χ0) is 14.0. The number of hydrogen-bond acceptors (Lipinski definition) is 4. The van der Waals surface area contributed by atoms with Crippen molar-refractivity contribution in [3.63, 3.8) is 0 Å². The van der Waals surface area contributed by atoms with Crippen molar-refractivity contribution >= 4 is 21.4 Å². The van der Waals surface area contributed by atoms with Gasteiger partial charge in [-0.2, -0.15) is 0 Å². The molecule has 0 aliphatic heterocycles. The second-order valence-corrected chi connectivity index (χ2v) is 5.72. The number of benzene rings is 1. The third-order valence-corrected chi connectivity index (χ3v) is 3.75. The van der Waals surface area contributed by atoms with Crippen molar-refractivity contribution in [2.45, 2.75) is 11.8 Å². The van der Waals surface area contributed by atoms with Crippen molar-refractivity contribution in [2.75, 3.05) is 10.5 Å². The Kier molecular flexibility index (Phi) is 3.39. The minimum absolute atomic E-state index is 0.0128. The van der Waals surface area contributed by atoms with E-state index in [4.69, 9.17) is 5.73 Å². The molecule has 0 unspecified atom stereocenters. The van der Waals surface area contributed by atoms with Crippen LogP contribution in [0.25, 0.3) is 0 Å². The van der Waals surface area contributed by atoms with Gasteiger partial charge in [-0.3, -0.25) is 9.71 Å². The van der Waals surface area contributed by atoms with E-state index in [0.29, 0.717) is 11.3 Å². The monoisotopic (exact) mass is 281 g/mol. The van der Waals surface area contributed by atoms with Crippen LogP contribution in [0, 0.1) is 12.7 Å². The quantitative estimate of drug-likeness (QED) is 0.842. The second kappa shape index (κ2) is 4.85. The number of nitrogen functional groups attached to an aromatic ring is 1. The fourth-order valence-corrected chi connectivity index (χ4v) is 2.80. The van der Waals surface area contributed by atoms with Gasteiger partial charge < -0.3 is 5.73 Å². The van der Waals surface area contributed by atoms with Crippen LogP contribution >= 0.6 is 0 Å². The van der Waals surface area contributed by atoms with E-state index in [0.717, 1.165) is 6.20 Å². The van der Waals surface area contributed by atoms with Crippen LogP contribution in [-0.4, -0.2) is 13.4 Å². The van der Waals surface area contributed by atoms with E-state index in [1.54, 1.807) is 13.0 Å². The molecule has 0 fully saturated rings. The average Bonchev–Trinajstić information content (AvgIpc) is 2.31. The first-order valence-electron chi connectivity index (χ1n) is 5.38. The molecule has 0 saturated heterocycles. The number of pyridine rings is 1. The molecule has 2 rings (SSSR count). The topological polar surface area (TPSA) is 85.1 Å². The number of nitrogens with zero attached hydrogens (tertiary/aromatic N) is 1. The van der Waals surface area contributed by atoms with Crippen molar-refractivity contribution in [3.8, 4) is 0 Å². The first-order chi connectivity index (χ1) is 8.88. The maximum atomic E-state index is 13.4. The average molecular weight is 281 g/mol. The Balaban J connectivity index is 2.41. The Hall–Kier alpha value is -2.15. The standard InChI is InChI=1S/C12H12FN3O2S/c1-8-4-9(14)6-10(5-8)19(17,18)16-12-2-3-15-7-11(12)13/h2-7H,14H2,1H3,(H,15,16). The molecule has 1 aromatic carbocycles. The minimum Gasteiger partial charge on any atom is -0.399 e. The molecule has 0 atom stereocenters. The van der Waals surface area contributed by atoms with Gasteiger partial charge in [-0.15, -0.1) is 0 Å². The van der Waals surface area contributed by atoms with Crippen LogP contribution in [-0.2, 0) is 10.0 Å². The zero-order valence-corrected chi connectivity index (χ0v) is 10.9. The molecule has 0 bridgehead atoms. The predicted octanol–water partition coefficient (Wildman–Crippen LogP) is 1.91. The van der Waals surface area contributed by atoms with Gasteiger partial charge in [0.2, 0.25) is 0 Å². The normalized spacial score (nSPS) is 11.3. The summed E-state index contributed by atoms with van der Waals surface area (Å²) in [6, 6.07) is 5.66. The van der Waals surface area contributed by atoms with E-state index >= 15 is 0 Å². The molecule has 0 aliphatic carbocycles. The van der Waals surface area contributed by atoms with Crippen molar-refractivity contribution in [2.24, 2.45) is 0 Å². The Morgan fingerprint density at radius 3 is 2.68 bits per heavy atom. The van der Waals surface area contributed by atoms with E-state index in [9.17, 15) is 12.8 Å². The maximum absolute atomic E-state index is 13.4. The summed E-state index contributed by atoms with van der Waals surface area (Å²) >= 11 is 0. The largest absolute Gasteiger partial charge is 0.399 e. The number of aryl methyl sites for hydroxylation is 1. The predicted molar refractivity (Wildman–Crippen MR) is 70.6 cm³/mol. The van der Waals surface area contributed by atoms with Gasteiger partial charge in [-0.05, 0) is 36.8 Å². The summed E-state index contributed by atoms with van der Waals surface area (Å²) < 4.78 is 39.7. The lowest BCUT2D eigenvalue weighted by molar-refractivity contribution is 0.598. The molecule has 100 valence electrons. The molecule has 2 aromatic rings. The molecular formula is C12H12FN3O2S. The van der Waals surface area contributed by atoms with Gasteiger partial charge in [0, 0.05) is 11.9 Å². The molecule has 5 nitrogen and oxygen atoms in total. The number of aromatic nitrogens is 1. The van der Waals surface area contributed by atoms with Crippen molar-refractivity contribution in [1.29, 1.82) is 0 Å². The van der Waals surface area contributed by atoms with E-state index < -0.39 is 15.8 Å². The van der Waals surface area contributed by atoms with Crippen molar-refractivity contribution in [1.82, 2.24) is 4.98 Å². The summed E-state index contributed by atoms with van der Waals surface area (Å²) in [5, 5.41) is 0. The molecule has 3 N–H and O–H groups in total. The zero-order valence-electron chi connectivity index (χ0n) is 10.1. The van der Waals surface area contributed by atoms with E-state index in [2.05, 4.69) is 9.71 Å². The number of rotatable bonds is 3. The fraction of sp³-hybridized carbons (Fsp3) is 0.0833. The van der Waals surface area contributed by atoms with E-state index in [1.165, 1.54) is 24.4 Å². The van der Waals surface area contributed by atoms with Crippen LogP contribution in [0.1, 0.15) is 5.56 Å². The number of halogens is 1. The van der Waals surface area contributed by atoms with Crippen molar-refractivity contribution < 1.29 is 12.8 Å². The van der Waals surface area contributed by atoms with Crippen LogP contribution in [0.5, 0.6) is 0 Å². The third-order valence-electron chi connectivity index (χ3n) is 2.40. The summed E-state index contributed by atoms with van der Waals surface area (Å²) in [5.74, 6) is -0.744. The number of nitrogens with two attached hydrogens (primary N) is 1. The highest BCUT2D eigenvalue weighted by Crippen LogP contribution is 2.20. The first kappa shape index (κ1) is 13.3. The Morgan fingerprint density at radius 2 is 2.05 bits per heavy atom. The lowest BCUT2D eigenvalue weighted by Crippen LogP contribution is -2.14. The van der Waals surface area contributed by atoms with Gasteiger partial charge in [-0.1, -0.05) is 0 Å². The van der Waals surface area contributed by atoms with Gasteiger partial charge in [-0.25, -0.2) is 12.8 Å². The summed E-state index contributed by atoms with van der Waals surface area (Å²) in [6.07, 6.45) is 2.23. The molecule has 0 saturated carbocycles. The number of sulfonamides is 1. The Morgan fingerprint density at radius 1 is 1.32 bits per heavy atom. The van der Waals surface area contributed by atoms with Gasteiger partial charge in [0.05, 0.1) is 16.8 Å². The number of hydrogen-bond donors (Lipinski definition) is 2. The molecule has 0 spiro atoms. The molecule has 7 heteroatoms. The fourth-order valence-electron chi connectivity index (χ4n) is 1.59. The highest BCUT2D eigenvalue weighted by Gasteiger charge is 2.17. The van der Waals surface area contributed by atoms with Crippen LogP contribution in [0.15, 0.2) is 41.6 Å². The highest BCUT2D eigenvalue weighted by molar-refractivity contribution is 7.92. The van der Waals surface area contributed by atoms with Crippen molar-refractivity contribution in [3.05, 3.63) is 48.0 Å². The van der Waals surface area contributed by atoms with E-state index in [1.807, 2.05) is 0 Å². The highest BCUT2D eigenvalue weighted by atomic mass is 32.2. The molecular weight excluding hydrogens is 269 g/mol. The van der Waals surface area contributed by atoms with E-state index in [-0.39, 0.29) is 10.6 Å². The van der Waals surface area contributed by atoms with Crippen LogP contribution in [0.2, 0.25) is 0 Å². The Labute approximate surface area is 110 Å². The molecule has 1 aromatic heterocycles. The lowest BCUT2D eigenvalue weighted by Gasteiger charge is -2.09. The third kappa shape index (κ3) is 3.00. The van der Waals surface area contributed by atoms with Crippen LogP contribution in [0.3, 0.4) is 0 Å². The molecule has 1 heterocycles. The smallest absolute Gasteiger partial charge is 0.262 e. The van der Waals surface area contributed by atoms with Gasteiger partial charge in [0.25, 0.3) is 10.0 Å². The number of anilines is 2. The van der Waals surface area contributed by atoms with Gasteiger partial charge >= 0.3 is 0 Å². The van der Waals surface area contributed by atoms with Gasteiger partial charge in [0.1, 0.15) is 0 Å². The first-order valence-corrected chi connectivity index (χ1v) is 6.86. The summed E-state index contributed by atoms with van der Waals surface area (Å²) in [6.45, 7) is 1.72. The van der Waals surface area contributed by atoms with Crippen LogP contribution in [0.4, 0.5) is 15.8 Å². The Bertz CT molecular complexity index is 696. The summed E-state index contributed by atoms with van der Waals surface area (Å²) in [4.78, 5) is 3.53. The molecule has 0 radical (unpaired) electrons. The number of nitrogens with one attached hydrogen (secondary N) is 1. The second-order valence-electron chi connectivity index (χ2n) is 4.04. The SMILES string of the molecule is Cc1cc(N)cc(S(=O)(=O)Nc2ccncc2F)c1. The van der Waals surface area contributed by atoms with Gasteiger partial charge in [0.15, 0.2) is 5.82 Å². The molecule has 0 amide bonds. The molecule has 19 heavy (non-hydrogen) atoms. The van der Waals surface area contributed by atoms with Crippen LogP contribution < -0.4 is 10.5 Å². The maximum Gasteiger partial charge on any atom is 0.262 e. The molecule has 0 aliphatic rings.